The molecule has 12 heterocycles. The van der Waals surface area contributed by atoms with Crippen molar-refractivity contribution in [1.82, 2.24) is 59.3 Å². The van der Waals surface area contributed by atoms with Crippen LogP contribution < -0.4 is 40.8 Å². The zero-order valence-electron chi connectivity index (χ0n) is 51.4. The second-order valence-corrected chi connectivity index (χ2v) is 25.1. The van der Waals surface area contributed by atoms with Gasteiger partial charge in [-0.05, 0) is 155 Å². The van der Waals surface area contributed by atoms with Crippen LogP contribution in [0.3, 0.4) is 0 Å². The minimum Gasteiger partial charge on any atom is -0.488 e. The maximum Gasteiger partial charge on any atom is 0.403 e. The monoisotopic (exact) mass is 1290 g/mol. The molecule has 3 amide bonds. The maximum absolute atomic E-state index is 13.2. The Bertz CT molecular complexity index is 4540. The van der Waals surface area contributed by atoms with E-state index in [1.807, 2.05) is 60.9 Å². The first-order chi connectivity index (χ1) is 46.1. The fraction of sp³-hybridized carbons (Fsp3) is 0.382. The number of piperidine rings is 1. The first-order valence-corrected chi connectivity index (χ1v) is 32.0. The molecule has 9 aromatic rings. The van der Waals surface area contributed by atoms with E-state index in [0.29, 0.717) is 69.2 Å². The Morgan fingerprint density at radius 2 is 0.926 bits per heavy atom. The summed E-state index contributed by atoms with van der Waals surface area (Å²) in [5.74, 6) is 3.50. The van der Waals surface area contributed by atoms with Crippen molar-refractivity contribution in [3.63, 3.8) is 0 Å². The third-order valence-corrected chi connectivity index (χ3v) is 17.8. The van der Waals surface area contributed by atoms with E-state index in [1.165, 1.54) is 19.0 Å². The Kier molecular flexibility index (Phi) is 17.3. The molecule has 27 heteroatoms. The molecule has 0 aromatic carbocycles. The Labute approximate surface area is 542 Å². The van der Waals surface area contributed by atoms with Gasteiger partial charge in [-0.15, -0.1) is 0 Å². The molecular weight excluding hydrogens is 1220 g/mol. The minimum atomic E-state index is -4.35. The van der Waals surface area contributed by atoms with Gasteiger partial charge in [0.2, 0.25) is 17.7 Å². The molecule has 5 N–H and O–H groups in total. The number of aromatic nitrogens is 9. The van der Waals surface area contributed by atoms with Crippen LogP contribution in [0, 0.1) is 51.7 Å². The number of pyridine rings is 6. The third-order valence-electron chi connectivity index (χ3n) is 17.8. The van der Waals surface area contributed by atoms with Gasteiger partial charge < -0.3 is 40.8 Å². The van der Waals surface area contributed by atoms with Gasteiger partial charge in [0, 0.05) is 103 Å². The number of rotatable bonds is 16. The van der Waals surface area contributed by atoms with Crippen molar-refractivity contribution in [2.24, 2.45) is 17.8 Å². The van der Waals surface area contributed by atoms with E-state index in [0.717, 1.165) is 117 Å². The smallest absolute Gasteiger partial charge is 0.403 e. The number of hydrogen-bond donors (Lipinski definition) is 5. The van der Waals surface area contributed by atoms with E-state index in [9.17, 15) is 43.3 Å². The Hall–Kier alpha value is -10.5. The van der Waals surface area contributed by atoms with E-state index in [1.54, 1.807) is 62.5 Å². The van der Waals surface area contributed by atoms with Gasteiger partial charge >= 0.3 is 6.18 Å². The summed E-state index contributed by atoms with van der Waals surface area (Å²) in [6.07, 6.45) is 15.6. The zero-order chi connectivity index (χ0) is 65.3. The van der Waals surface area contributed by atoms with Crippen LogP contribution in [0.4, 0.5) is 30.6 Å². The summed E-state index contributed by atoms with van der Waals surface area (Å²) in [6.45, 7) is 3.93. The number of ether oxygens (including phenoxy) is 3. The summed E-state index contributed by atoms with van der Waals surface area (Å²) in [6, 6.07) is 27.2. The number of anilines is 3. The number of nitrogens with zero attached hydrogens (tertiary/aromatic N) is 13. The molecule has 7 fully saturated rings. The molecule has 0 unspecified atom stereocenters. The van der Waals surface area contributed by atoms with Gasteiger partial charge in [-0.2, -0.15) is 44.3 Å². The highest BCUT2D eigenvalue weighted by atomic mass is 19.4. The number of halogens is 3. The number of hydrogen-bond acceptors (Lipinski definition) is 18. The number of carbonyl (C=O) groups excluding carboxylic acids is 3. The lowest BCUT2D eigenvalue weighted by atomic mass is 10.0. The number of alkyl halides is 3. The Morgan fingerprint density at radius 1 is 0.516 bits per heavy atom. The fourth-order valence-electron chi connectivity index (χ4n) is 12.0. The standard InChI is InChI=1S/C24H24N6O2.C23H21F3N6O2.C21H20N6O2/c25-12-17-10-21(22(13-26-17)32-20-6-7-29(14-20)18-3-4-18)16-5-8-30-19(9-16)11-23(28-30)27-24(31)15-1-2-15;24-23(25,26)20-10-17(3-5-28-20)34-19-12-29-15(11-27)8-18(19)14-4-6-32-16(7-14)9-21(31-32)30-22(33)13-1-2-13;22-10-15-8-18(19(12-24-15)29-17-3-5-23-11-17)14-4-6-27-16(7-14)9-20(26-27)25-21(28)13-1-2-13/h5,8-11,13,15,18,20H,1-4,6-7,14H2,(H,27,28,31);4,6-9,12-13,17,20,28H,1-3,5,10H2,(H,30,31,33);4,6-9,12-13,17,23H,1-3,5,11H2,(H,25,26,28)/t20-;17-,20+;17-/m010/s1. The molecule has 484 valence electrons. The van der Waals surface area contributed by atoms with Gasteiger partial charge in [0.1, 0.15) is 76.9 Å². The van der Waals surface area contributed by atoms with E-state index >= 15 is 0 Å². The van der Waals surface area contributed by atoms with Gasteiger partial charge in [-0.25, -0.2) is 28.5 Å². The van der Waals surface area contributed by atoms with E-state index in [4.69, 9.17) is 14.2 Å². The van der Waals surface area contributed by atoms with Gasteiger partial charge in [0.25, 0.3) is 0 Å². The fourth-order valence-corrected chi connectivity index (χ4v) is 12.0. The van der Waals surface area contributed by atoms with Crippen molar-refractivity contribution in [2.45, 2.75) is 114 Å². The SMILES string of the molecule is N#Cc1cc(-c2ccn3nc(NC(=O)C4CC4)cc3c2)c(O[C@@H]2CCN[C@H](C(F)(F)F)C2)cn1.N#Cc1cc(-c2ccn3nc(NC(=O)C4CC4)cc3c2)c(O[C@H]2CCN(C3CC3)C2)cn1.N#Cc1cc(-c2ccn3nc(NC(=O)C4CC4)cc3c2)c(O[C@H]2CCNC2)cn1. The highest BCUT2D eigenvalue weighted by molar-refractivity contribution is 5.95. The van der Waals surface area contributed by atoms with Crippen molar-refractivity contribution < 1.29 is 41.8 Å². The Morgan fingerprint density at radius 3 is 1.31 bits per heavy atom. The summed E-state index contributed by atoms with van der Waals surface area (Å²) in [7, 11) is 0. The number of nitriles is 3. The van der Waals surface area contributed by atoms with E-state index < -0.39 is 18.3 Å². The molecular formula is C68H65F3N18O6. The van der Waals surface area contributed by atoms with Gasteiger partial charge in [0.05, 0.1) is 35.1 Å². The van der Waals surface area contributed by atoms with Crippen LogP contribution in [-0.2, 0) is 14.4 Å². The largest absolute Gasteiger partial charge is 0.488 e. The molecule has 95 heavy (non-hydrogen) atoms. The summed E-state index contributed by atoms with van der Waals surface area (Å²) >= 11 is 0. The third kappa shape index (κ3) is 14.8. The minimum absolute atomic E-state index is 0.0299. The normalized spacial score (nSPS) is 20.1. The zero-order valence-corrected chi connectivity index (χ0v) is 51.4. The number of carbonyl (C=O) groups is 3. The van der Waals surface area contributed by atoms with Crippen LogP contribution in [-0.4, -0.2) is 136 Å². The van der Waals surface area contributed by atoms with Gasteiger partial charge in [-0.3, -0.25) is 19.3 Å². The predicted octanol–water partition coefficient (Wildman–Crippen LogP) is 9.27. The molecule has 4 saturated carbocycles. The molecule has 0 radical (unpaired) electrons. The maximum atomic E-state index is 13.2. The second kappa shape index (κ2) is 26.5. The van der Waals surface area contributed by atoms with Crippen molar-refractivity contribution in [2.75, 3.05) is 48.7 Å². The van der Waals surface area contributed by atoms with E-state index in [-0.39, 0.29) is 66.3 Å². The topological polar surface area (TPSA) is 304 Å². The Balaban J connectivity index is 0.000000123. The molecule has 4 atom stereocenters. The van der Waals surface area contributed by atoms with Crippen LogP contribution in [0.25, 0.3) is 49.9 Å². The average Bonchev–Trinajstić information content (AvgIpc) is 1.72. The predicted molar refractivity (Wildman–Crippen MR) is 341 cm³/mol. The lowest BCUT2D eigenvalue weighted by Crippen LogP contribution is -2.50. The molecule has 16 rings (SSSR count). The van der Waals surface area contributed by atoms with Crippen molar-refractivity contribution >= 4 is 51.7 Å². The average molecular weight is 1290 g/mol. The van der Waals surface area contributed by atoms with Crippen LogP contribution in [0.1, 0.15) is 94.1 Å². The number of amides is 3. The summed E-state index contributed by atoms with van der Waals surface area (Å²) < 4.78 is 63.1. The summed E-state index contributed by atoms with van der Waals surface area (Å²) in [5, 5.41) is 55.5. The number of likely N-dealkylation sites (tertiary alicyclic amines) is 1. The summed E-state index contributed by atoms with van der Waals surface area (Å²) in [5.41, 5.74) is 7.95. The molecule has 3 aliphatic heterocycles. The van der Waals surface area contributed by atoms with Gasteiger partial charge in [-0.1, -0.05) is 0 Å². The first kappa shape index (κ1) is 61.9. The first-order valence-electron chi connectivity index (χ1n) is 32.0. The van der Waals surface area contributed by atoms with E-state index in [2.05, 4.69) is 73.9 Å². The molecule has 9 aromatic heterocycles. The molecule has 3 saturated heterocycles. The molecule has 0 spiro atoms. The number of nitrogens with one attached hydrogen (secondary N) is 5. The lowest BCUT2D eigenvalue weighted by molar-refractivity contribution is -0.166. The van der Waals surface area contributed by atoms with Crippen LogP contribution in [0.2, 0.25) is 0 Å². The number of fused-ring (bicyclic) bond motifs is 3. The highest BCUT2D eigenvalue weighted by Crippen LogP contribution is 2.39. The quantitative estimate of drug-likeness (QED) is 0.0602. The van der Waals surface area contributed by atoms with Crippen molar-refractivity contribution in [3.8, 4) is 68.8 Å². The molecule has 24 nitrogen and oxygen atoms in total. The van der Waals surface area contributed by atoms with Crippen molar-refractivity contribution in [1.29, 1.82) is 15.8 Å². The van der Waals surface area contributed by atoms with Gasteiger partial charge in [0.15, 0.2) is 17.5 Å². The molecule has 7 aliphatic rings. The van der Waals surface area contributed by atoms with Crippen LogP contribution in [0.15, 0.2) is 110 Å². The van der Waals surface area contributed by atoms with Crippen molar-refractivity contribution in [3.05, 3.63) is 127 Å². The van der Waals surface area contributed by atoms with Crippen LogP contribution in [0.5, 0.6) is 17.2 Å². The molecule has 4 aliphatic carbocycles. The summed E-state index contributed by atoms with van der Waals surface area (Å²) in [4.78, 5) is 51.1. The lowest BCUT2D eigenvalue weighted by Gasteiger charge is -2.32. The molecule has 0 bridgehead atoms. The van der Waals surface area contributed by atoms with Crippen LogP contribution >= 0.6 is 0 Å². The highest BCUT2D eigenvalue weighted by Gasteiger charge is 2.43. The second-order valence-electron chi connectivity index (χ2n) is 25.1.